The summed E-state index contributed by atoms with van der Waals surface area (Å²) in [5, 5.41) is 1.23. The van der Waals surface area contributed by atoms with E-state index >= 15 is 0 Å². The van der Waals surface area contributed by atoms with Crippen molar-refractivity contribution in [1.82, 2.24) is 4.57 Å². The van der Waals surface area contributed by atoms with E-state index < -0.39 is 0 Å². The van der Waals surface area contributed by atoms with Gasteiger partial charge in [-0.25, -0.2) is 0 Å². The highest BCUT2D eigenvalue weighted by Gasteiger charge is 2.08. The van der Waals surface area contributed by atoms with Crippen LogP contribution >= 0.6 is 0 Å². The Morgan fingerprint density at radius 3 is 2.71 bits per heavy atom. The van der Waals surface area contributed by atoms with Gasteiger partial charge in [-0.1, -0.05) is 30.3 Å². The fourth-order valence-electron chi connectivity index (χ4n) is 2.63. The lowest BCUT2D eigenvalue weighted by molar-refractivity contribution is 0.305. The quantitative estimate of drug-likeness (QED) is 0.794. The highest BCUT2D eigenvalue weighted by molar-refractivity contribution is 5.84. The molecule has 0 aliphatic rings. The molecule has 0 saturated heterocycles. The van der Waals surface area contributed by atoms with Gasteiger partial charge in [0.25, 0.3) is 0 Å². The number of nitrogens with zero attached hydrogens (tertiary/aromatic N) is 1. The Morgan fingerprint density at radius 1 is 1.14 bits per heavy atom. The lowest BCUT2D eigenvalue weighted by atomic mass is 10.1. The molecule has 3 rings (SSSR count). The molecule has 21 heavy (non-hydrogen) atoms. The van der Waals surface area contributed by atoms with Crippen molar-refractivity contribution in [3.63, 3.8) is 0 Å². The van der Waals surface area contributed by atoms with Crippen molar-refractivity contribution in [2.75, 3.05) is 0 Å². The first-order valence-electron chi connectivity index (χ1n) is 7.14. The van der Waals surface area contributed by atoms with E-state index in [1.807, 2.05) is 18.2 Å². The van der Waals surface area contributed by atoms with Crippen molar-refractivity contribution in [3.8, 4) is 5.75 Å². The van der Waals surface area contributed by atoms with Gasteiger partial charge in [-0.15, -0.1) is 0 Å². The van der Waals surface area contributed by atoms with Crippen LogP contribution in [0.15, 0.2) is 48.7 Å². The molecular formula is C18H20N2O. The van der Waals surface area contributed by atoms with Gasteiger partial charge >= 0.3 is 0 Å². The molecule has 0 bridgehead atoms. The number of hydrogen-bond donors (Lipinski definition) is 1. The number of fused-ring (bicyclic) bond motifs is 1. The van der Waals surface area contributed by atoms with Crippen molar-refractivity contribution in [2.45, 2.75) is 20.1 Å². The van der Waals surface area contributed by atoms with E-state index in [9.17, 15) is 0 Å². The van der Waals surface area contributed by atoms with E-state index in [1.165, 1.54) is 16.5 Å². The first-order valence-corrected chi connectivity index (χ1v) is 7.14. The van der Waals surface area contributed by atoms with Gasteiger partial charge in [0, 0.05) is 36.3 Å². The highest BCUT2D eigenvalue weighted by atomic mass is 16.5. The summed E-state index contributed by atoms with van der Waals surface area (Å²) in [4.78, 5) is 0. The smallest absolute Gasteiger partial charge is 0.122 e. The van der Waals surface area contributed by atoms with E-state index in [0.717, 1.165) is 16.9 Å². The van der Waals surface area contributed by atoms with Crippen LogP contribution in [-0.4, -0.2) is 4.57 Å². The third-order valence-corrected chi connectivity index (χ3v) is 3.85. The molecule has 2 aromatic carbocycles. The van der Waals surface area contributed by atoms with Crippen LogP contribution in [0.25, 0.3) is 10.9 Å². The minimum atomic E-state index is 0.566. The number of hydrogen-bond acceptors (Lipinski definition) is 2. The van der Waals surface area contributed by atoms with Gasteiger partial charge in [-0.05, 0) is 30.2 Å². The molecule has 108 valence electrons. The maximum atomic E-state index is 5.96. The molecule has 1 aromatic heterocycles. The Hall–Kier alpha value is -2.26. The Bertz CT molecular complexity index is 774. The summed E-state index contributed by atoms with van der Waals surface area (Å²) in [7, 11) is 2.06. The van der Waals surface area contributed by atoms with Gasteiger partial charge in [0.2, 0.25) is 0 Å². The van der Waals surface area contributed by atoms with Crippen LogP contribution < -0.4 is 10.5 Å². The molecule has 0 aliphatic heterocycles. The Kier molecular flexibility index (Phi) is 3.67. The molecule has 3 aromatic rings. The zero-order valence-electron chi connectivity index (χ0n) is 12.5. The summed E-state index contributed by atoms with van der Waals surface area (Å²) in [5.41, 5.74) is 10.4. The van der Waals surface area contributed by atoms with E-state index in [2.05, 4.69) is 49.0 Å². The topological polar surface area (TPSA) is 40.2 Å². The third kappa shape index (κ3) is 2.65. The van der Waals surface area contributed by atoms with Gasteiger partial charge in [0.1, 0.15) is 12.4 Å². The molecule has 3 heteroatoms. The van der Waals surface area contributed by atoms with Gasteiger partial charge in [0.15, 0.2) is 0 Å². The zero-order valence-corrected chi connectivity index (χ0v) is 12.5. The van der Waals surface area contributed by atoms with E-state index in [4.69, 9.17) is 10.5 Å². The van der Waals surface area contributed by atoms with Crippen LogP contribution in [0.2, 0.25) is 0 Å². The molecule has 1 heterocycles. The van der Waals surface area contributed by atoms with E-state index in [-0.39, 0.29) is 0 Å². The maximum absolute atomic E-state index is 5.96. The van der Waals surface area contributed by atoms with E-state index in [0.29, 0.717) is 13.2 Å². The Labute approximate surface area is 125 Å². The number of ether oxygens (including phenoxy) is 1. The normalized spacial score (nSPS) is 11.0. The molecule has 2 N–H and O–H groups in total. The summed E-state index contributed by atoms with van der Waals surface area (Å²) >= 11 is 0. The number of rotatable bonds is 4. The fourth-order valence-corrected chi connectivity index (χ4v) is 2.63. The summed E-state index contributed by atoms with van der Waals surface area (Å²) < 4.78 is 8.09. The molecule has 0 unspecified atom stereocenters. The second-order valence-electron chi connectivity index (χ2n) is 5.38. The molecule has 0 radical (unpaired) electrons. The molecule has 0 saturated carbocycles. The SMILES string of the molecule is Cc1ccccc1OCc1cn(C)c2cc(CN)ccc12. The lowest BCUT2D eigenvalue weighted by Gasteiger charge is -2.08. The Balaban J connectivity index is 1.89. The maximum Gasteiger partial charge on any atom is 0.122 e. The van der Waals surface area contributed by atoms with Gasteiger partial charge < -0.3 is 15.0 Å². The number of para-hydroxylation sites is 1. The summed E-state index contributed by atoms with van der Waals surface area (Å²) in [6, 6.07) is 14.5. The van der Waals surface area contributed by atoms with Crippen molar-refractivity contribution in [2.24, 2.45) is 12.8 Å². The van der Waals surface area contributed by atoms with Crippen LogP contribution in [0, 0.1) is 6.92 Å². The van der Waals surface area contributed by atoms with Crippen molar-refractivity contribution in [3.05, 3.63) is 65.4 Å². The predicted octanol–water partition coefficient (Wildman–Crippen LogP) is 3.52. The minimum Gasteiger partial charge on any atom is -0.489 e. The molecule has 0 fully saturated rings. The minimum absolute atomic E-state index is 0.566. The van der Waals surface area contributed by atoms with Crippen LogP contribution in [0.3, 0.4) is 0 Å². The fraction of sp³-hybridized carbons (Fsp3) is 0.222. The average Bonchev–Trinajstić information content (AvgIpc) is 2.82. The van der Waals surface area contributed by atoms with Gasteiger partial charge in [-0.3, -0.25) is 0 Å². The van der Waals surface area contributed by atoms with Crippen LogP contribution in [-0.2, 0) is 20.2 Å². The second kappa shape index (κ2) is 5.62. The second-order valence-corrected chi connectivity index (χ2v) is 5.38. The summed E-state index contributed by atoms with van der Waals surface area (Å²) in [6.45, 7) is 3.20. The Morgan fingerprint density at radius 2 is 1.95 bits per heavy atom. The first kappa shape index (κ1) is 13.7. The lowest BCUT2D eigenvalue weighted by Crippen LogP contribution is -1.97. The summed E-state index contributed by atoms with van der Waals surface area (Å²) in [6.07, 6.45) is 2.13. The standard InChI is InChI=1S/C18H20N2O/c1-13-5-3-4-6-18(13)21-12-15-11-20(2)17-9-14(10-19)7-8-16(15)17/h3-9,11H,10,12,19H2,1-2H3. The molecule has 3 nitrogen and oxygen atoms in total. The van der Waals surface area contributed by atoms with E-state index in [1.54, 1.807) is 0 Å². The monoisotopic (exact) mass is 280 g/mol. The van der Waals surface area contributed by atoms with Crippen molar-refractivity contribution >= 4 is 10.9 Å². The first-order chi connectivity index (χ1) is 10.2. The molecule has 0 spiro atoms. The van der Waals surface area contributed by atoms with Crippen LogP contribution in [0.5, 0.6) is 5.75 Å². The molecule has 0 amide bonds. The van der Waals surface area contributed by atoms with Crippen LogP contribution in [0.4, 0.5) is 0 Å². The zero-order chi connectivity index (χ0) is 14.8. The highest BCUT2D eigenvalue weighted by Crippen LogP contribution is 2.24. The average molecular weight is 280 g/mol. The molecule has 0 atom stereocenters. The molecular weight excluding hydrogens is 260 g/mol. The third-order valence-electron chi connectivity index (χ3n) is 3.85. The number of aryl methyl sites for hydroxylation is 2. The van der Waals surface area contributed by atoms with Crippen molar-refractivity contribution in [1.29, 1.82) is 0 Å². The van der Waals surface area contributed by atoms with Crippen molar-refractivity contribution < 1.29 is 4.74 Å². The van der Waals surface area contributed by atoms with Gasteiger partial charge in [0.05, 0.1) is 0 Å². The van der Waals surface area contributed by atoms with Gasteiger partial charge in [-0.2, -0.15) is 0 Å². The number of aromatic nitrogens is 1. The number of benzene rings is 2. The summed E-state index contributed by atoms with van der Waals surface area (Å²) in [5.74, 6) is 0.938. The predicted molar refractivity (Wildman–Crippen MR) is 86.3 cm³/mol. The van der Waals surface area contributed by atoms with Crippen LogP contribution in [0.1, 0.15) is 16.7 Å². The largest absolute Gasteiger partial charge is 0.489 e. The number of nitrogens with two attached hydrogens (primary N) is 1. The molecule has 0 aliphatic carbocycles.